The van der Waals surface area contributed by atoms with E-state index in [-0.39, 0.29) is 0 Å². The Hall–Kier alpha value is -2.04. The van der Waals surface area contributed by atoms with Gasteiger partial charge >= 0.3 is 0 Å². The average molecular weight is 393 g/mol. The highest BCUT2D eigenvalue weighted by molar-refractivity contribution is 5.53. The minimum Gasteiger partial charge on any atom is -0.369 e. The molecule has 0 N–H and O–H groups in total. The first kappa shape index (κ1) is 20.2. The quantitative estimate of drug-likeness (QED) is 0.744. The van der Waals surface area contributed by atoms with Gasteiger partial charge in [-0.25, -0.2) is 0 Å². The Labute approximate surface area is 176 Å². The van der Waals surface area contributed by atoms with Gasteiger partial charge in [-0.3, -0.25) is 9.80 Å². The Kier molecular flexibility index (Phi) is 6.73. The molecular weight excluding hydrogens is 356 g/mol. The monoisotopic (exact) mass is 392 g/mol. The van der Waals surface area contributed by atoms with Crippen LogP contribution in [-0.4, -0.2) is 75.2 Å². The zero-order valence-corrected chi connectivity index (χ0v) is 18.2. The van der Waals surface area contributed by atoms with E-state index in [1.807, 2.05) is 0 Å². The molecule has 2 heterocycles. The van der Waals surface area contributed by atoms with Gasteiger partial charge in [0, 0.05) is 63.7 Å². The first-order valence-electron chi connectivity index (χ1n) is 11.3. The topological polar surface area (TPSA) is 13.0 Å². The third kappa shape index (κ3) is 5.31. The van der Waals surface area contributed by atoms with Crippen LogP contribution in [0.25, 0.3) is 0 Å². The van der Waals surface area contributed by atoms with Crippen molar-refractivity contribution in [3.63, 3.8) is 0 Å². The van der Waals surface area contributed by atoms with Crippen LogP contribution in [0.15, 0.2) is 48.5 Å². The second kappa shape index (κ2) is 9.64. The molecule has 2 aliphatic heterocycles. The fourth-order valence-corrected chi connectivity index (χ4v) is 4.63. The molecule has 4 rings (SSSR count). The third-order valence-electron chi connectivity index (χ3n) is 6.55. The zero-order chi connectivity index (χ0) is 20.1. The highest BCUT2D eigenvalue weighted by Gasteiger charge is 2.20. The normalized spacial score (nSPS) is 19.0. The van der Waals surface area contributed by atoms with Crippen LogP contribution >= 0.6 is 0 Å². The molecule has 0 saturated carbocycles. The minimum atomic E-state index is 1.15. The van der Waals surface area contributed by atoms with E-state index >= 15 is 0 Å². The minimum absolute atomic E-state index is 1.15. The summed E-state index contributed by atoms with van der Waals surface area (Å²) in [6.45, 7) is 16.2. The lowest BCUT2D eigenvalue weighted by atomic mass is 10.1. The van der Waals surface area contributed by atoms with Crippen molar-refractivity contribution in [2.24, 2.45) is 0 Å². The summed E-state index contributed by atoms with van der Waals surface area (Å²) < 4.78 is 0. The molecule has 29 heavy (non-hydrogen) atoms. The smallest absolute Gasteiger partial charge is 0.0396 e. The molecule has 0 unspecified atom stereocenters. The summed E-state index contributed by atoms with van der Waals surface area (Å²) >= 11 is 0. The molecule has 2 aromatic carbocycles. The molecule has 0 atom stereocenters. The van der Waals surface area contributed by atoms with Gasteiger partial charge in [-0.05, 0) is 57.1 Å². The van der Waals surface area contributed by atoms with Crippen LogP contribution in [0.5, 0.6) is 0 Å². The van der Waals surface area contributed by atoms with Crippen molar-refractivity contribution in [1.82, 2.24) is 9.80 Å². The van der Waals surface area contributed by atoms with E-state index < -0.39 is 0 Å². The van der Waals surface area contributed by atoms with Crippen LogP contribution < -0.4 is 9.80 Å². The molecule has 4 heteroatoms. The molecule has 2 aromatic rings. The van der Waals surface area contributed by atoms with Crippen LogP contribution in [-0.2, 0) is 0 Å². The van der Waals surface area contributed by atoms with E-state index in [4.69, 9.17) is 0 Å². The molecule has 0 amide bonds. The van der Waals surface area contributed by atoms with Crippen LogP contribution in [0.2, 0.25) is 0 Å². The van der Waals surface area contributed by atoms with Crippen LogP contribution in [0, 0.1) is 13.8 Å². The Morgan fingerprint density at radius 2 is 1.17 bits per heavy atom. The Balaban J connectivity index is 1.14. The number of rotatable bonds is 6. The summed E-state index contributed by atoms with van der Waals surface area (Å²) in [5, 5.41) is 0. The summed E-state index contributed by atoms with van der Waals surface area (Å²) in [6.07, 6.45) is 1.29. The van der Waals surface area contributed by atoms with Crippen molar-refractivity contribution in [2.75, 3.05) is 75.2 Å². The Morgan fingerprint density at radius 1 is 0.621 bits per heavy atom. The maximum atomic E-state index is 2.65. The van der Waals surface area contributed by atoms with Gasteiger partial charge in [0.25, 0.3) is 0 Å². The molecule has 0 spiro atoms. The first-order chi connectivity index (χ1) is 14.2. The van der Waals surface area contributed by atoms with Gasteiger partial charge in [-0.1, -0.05) is 35.9 Å². The number of nitrogens with zero attached hydrogens (tertiary/aromatic N) is 4. The van der Waals surface area contributed by atoms with Crippen molar-refractivity contribution in [1.29, 1.82) is 0 Å². The number of anilines is 2. The second-order valence-corrected chi connectivity index (χ2v) is 8.63. The fourth-order valence-electron chi connectivity index (χ4n) is 4.63. The predicted molar refractivity (Wildman–Crippen MR) is 124 cm³/mol. The van der Waals surface area contributed by atoms with Gasteiger partial charge in [-0.2, -0.15) is 0 Å². The molecule has 0 aromatic heterocycles. The van der Waals surface area contributed by atoms with Gasteiger partial charge in [0.15, 0.2) is 0 Å². The highest BCUT2D eigenvalue weighted by Crippen LogP contribution is 2.21. The molecule has 0 radical (unpaired) electrons. The van der Waals surface area contributed by atoms with Gasteiger partial charge in [0.1, 0.15) is 0 Å². The van der Waals surface area contributed by atoms with Gasteiger partial charge in [0.2, 0.25) is 0 Å². The van der Waals surface area contributed by atoms with Crippen molar-refractivity contribution >= 4 is 11.4 Å². The average Bonchev–Trinajstić information content (AvgIpc) is 2.76. The zero-order valence-electron chi connectivity index (χ0n) is 18.2. The highest BCUT2D eigenvalue weighted by atomic mass is 15.3. The third-order valence-corrected chi connectivity index (χ3v) is 6.55. The predicted octanol–water partition coefficient (Wildman–Crippen LogP) is 3.64. The van der Waals surface area contributed by atoms with E-state index in [0.29, 0.717) is 0 Å². The molecule has 0 aliphatic carbocycles. The lowest BCUT2D eigenvalue weighted by molar-refractivity contribution is 0.213. The SMILES string of the molecule is Cc1ccc(N2CCN(CCCN3CCN(c4ccccc4C)CC3)CC2)cc1. The molecule has 2 fully saturated rings. The van der Waals surface area contributed by atoms with Crippen molar-refractivity contribution < 1.29 is 0 Å². The van der Waals surface area contributed by atoms with Crippen LogP contribution in [0.1, 0.15) is 17.5 Å². The van der Waals surface area contributed by atoms with Crippen molar-refractivity contribution in [2.45, 2.75) is 20.3 Å². The molecule has 156 valence electrons. The van der Waals surface area contributed by atoms with Crippen LogP contribution in [0.4, 0.5) is 11.4 Å². The maximum absolute atomic E-state index is 2.65. The molecule has 0 bridgehead atoms. The van der Waals surface area contributed by atoms with E-state index in [9.17, 15) is 0 Å². The number of benzene rings is 2. The molecule has 2 aliphatic rings. The fraction of sp³-hybridized carbons (Fsp3) is 0.520. The summed E-state index contributed by atoms with van der Waals surface area (Å²) in [6, 6.07) is 17.8. The number of aryl methyl sites for hydroxylation is 2. The summed E-state index contributed by atoms with van der Waals surface area (Å²) in [5.41, 5.74) is 5.53. The van der Waals surface area contributed by atoms with Crippen molar-refractivity contribution in [3.05, 3.63) is 59.7 Å². The lowest BCUT2D eigenvalue weighted by Gasteiger charge is -2.38. The lowest BCUT2D eigenvalue weighted by Crippen LogP contribution is -2.48. The number of piperazine rings is 2. The Morgan fingerprint density at radius 3 is 1.76 bits per heavy atom. The van der Waals surface area contributed by atoms with Gasteiger partial charge < -0.3 is 9.80 Å². The standard InChI is InChI=1S/C25H36N4/c1-22-8-10-24(11-9-22)28-18-14-26(15-19-28)12-5-13-27-16-20-29(21-17-27)25-7-4-3-6-23(25)2/h3-4,6-11H,5,12-21H2,1-2H3. The maximum Gasteiger partial charge on any atom is 0.0396 e. The van der Waals surface area contributed by atoms with Gasteiger partial charge in [0.05, 0.1) is 0 Å². The Bertz CT molecular complexity index is 757. The number of para-hydroxylation sites is 1. The summed E-state index contributed by atoms with van der Waals surface area (Å²) in [7, 11) is 0. The van der Waals surface area contributed by atoms with E-state index in [0.717, 1.165) is 26.2 Å². The van der Waals surface area contributed by atoms with Crippen molar-refractivity contribution in [3.8, 4) is 0 Å². The largest absolute Gasteiger partial charge is 0.369 e. The molecular formula is C25H36N4. The van der Waals surface area contributed by atoms with E-state index in [2.05, 4.69) is 82.0 Å². The van der Waals surface area contributed by atoms with E-state index in [1.165, 1.54) is 68.2 Å². The van der Waals surface area contributed by atoms with Gasteiger partial charge in [-0.15, -0.1) is 0 Å². The number of hydrogen-bond acceptors (Lipinski definition) is 4. The first-order valence-corrected chi connectivity index (χ1v) is 11.3. The molecule has 4 nitrogen and oxygen atoms in total. The van der Waals surface area contributed by atoms with E-state index in [1.54, 1.807) is 0 Å². The summed E-state index contributed by atoms with van der Waals surface area (Å²) in [4.78, 5) is 10.4. The summed E-state index contributed by atoms with van der Waals surface area (Å²) in [5.74, 6) is 0. The second-order valence-electron chi connectivity index (χ2n) is 8.63. The van der Waals surface area contributed by atoms with Crippen LogP contribution in [0.3, 0.4) is 0 Å². The molecule has 2 saturated heterocycles. The number of hydrogen-bond donors (Lipinski definition) is 0.